The van der Waals surface area contributed by atoms with Gasteiger partial charge in [0.1, 0.15) is 11.4 Å². The smallest absolute Gasteiger partial charge is 0.367 e. The zero-order valence-electron chi connectivity index (χ0n) is 11.1. The SMILES string of the molecule is Nc1onc(C(F)(F)F)c1C(=O)NCCc1ccccc1F. The molecule has 0 fully saturated rings. The second-order valence-electron chi connectivity index (χ2n) is 4.37. The van der Waals surface area contributed by atoms with Crippen LogP contribution < -0.4 is 11.1 Å². The summed E-state index contributed by atoms with van der Waals surface area (Å²) in [6, 6.07) is 5.87. The quantitative estimate of drug-likeness (QED) is 0.848. The van der Waals surface area contributed by atoms with Crippen LogP contribution in [0.15, 0.2) is 28.8 Å². The summed E-state index contributed by atoms with van der Waals surface area (Å²) in [4.78, 5) is 11.8. The van der Waals surface area contributed by atoms with E-state index in [9.17, 15) is 22.4 Å². The average molecular weight is 317 g/mol. The van der Waals surface area contributed by atoms with Gasteiger partial charge in [0.05, 0.1) is 0 Å². The summed E-state index contributed by atoms with van der Waals surface area (Å²) in [6.45, 7) is -0.0678. The van der Waals surface area contributed by atoms with Crippen LogP contribution in [-0.4, -0.2) is 17.6 Å². The van der Waals surface area contributed by atoms with Crippen LogP contribution in [-0.2, 0) is 12.6 Å². The van der Waals surface area contributed by atoms with E-state index in [2.05, 4.69) is 15.0 Å². The van der Waals surface area contributed by atoms with Crippen molar-refractivity contribution in [2.24, 2.45) is 0 Å². The van der Waals surface area contributed by atoms with E-state index in [-0.39, 0.29) is 13.0 Å². The first-order valence-corrected chi connectivity index (χ1v) is 6.14. The highest BCUT2D eigenvalue weighted by Crippen LogP contribution is 2.33. The molecule has 0 atom stereocenters. The average Bonchev–Trinajstić information content (AvgIpc) is 2.83. The molecule has 0 aliphatic heterocycles. The molecule has 9 heteroatoms. The van der Waals surface area contributed by atoms with E-state index in [1.807, 2.05) is 0 Å². The van der Waals surface area contributed by atoms with E-state index >= 15 is 0 Å². The lowest BCUT2D eigenvalue weighted by Crippen LogP contribution is -2.28. The molecule has 0 saturated carbocycles. The second kappa shape index (κ2) is 6.04. The van der Waals surface area contributed by atoms with Gasteiger partial charge in [0, 0.05) is 6.54 Å². The van der Waals surface area contributed by atoms with Crippen LogP contribution in [0.25, 0.3) is 0 Å². The molecule has 2 rings (SSSR count). The highest BCUT2D eigenvalue weighted by Gasteiger charge is 2.41. The second-order valence-corrected chi connectivity index (χ2v) is 4.37. The van der Waals surface area contributed by atoms with Crippen molar-refractivity contribution in [3.63, 3.8) is 0 Å². The van der Waals surface area contributed by atoms with Crippen LogP contribution in [0, 0.1) is 5.82 Å². The molecule has 118 valence electrons. The number of nitrogens with zero attached hydrogens (tertiary/aromatic N) is 1. The van der Waals surface area contributed by atoms with Gasteiger partial charge in [-0.3, -0.25) is 4.79 Å². The van der Waals surface area contributed by atoms with E-state index in [4.69, 9.17) is 5.73 Å². The van der Waals surface area contributed by atoms with E-state index in [1.165, 1.54) is 18.2 Å². The normalized spacial score (nSPS) is 11.5. The Labute approximate surface area is 122 Å². The first-order chi connectivity index (χ1) is 10.3. The number of hydrogen-bond acceptors (Lipinski definition) is 4. The Balaban J connectivity index is 2.05. The first kappa shape index (κ1) is 15.8. The van der Waals surface area contributed by atoms with Gasteiger partial charge in [-0.15, -0.1) is 0 Å². The van der Waals surface area contributed by atoms with Crippen molar-refractivity contribution in [2.45, 2.75) is 12.6 Å². The maximum Gasteiger partial charge on any atom is 0.437 e. The summed E-state index contributed by atoms with van der Waals surface area (Å²) < 4.78 is 55.5. The van der Waals surface area contributed by atoms with Crippen LogP contribution in [0.2, 0.25) is 0 Å². The highest BCUT2D eigenvalue weighted by atomic mass is 19.4. The highest BCUT2D eigenvalue weighted by molar-refractivity contribution is 5.99. The lowest BCUT2D eigenvalue weighted by Gasteiger charge is -2.07. The number of halogens is 4. The van der Waals surface area contributed by atoms with Crippen LogP contribution in [0.5, 0.6) is 0 Å². The van der Waals surface area contributed by atoms with Crippen molar-refractivity contribution in [1.82, 2.24) is 10.5 Å². The van der Waals surface area contributed by atoms with Gasteiger partial charge in [0.15, 0.2) is 0 Å². The number of nitrogens with two attached hydrogens (primary N) is 1. The summed E-state index contributed by atoms with van der Waals surface area (Å²) in [5.74, 6) is -2.27. The van der Waals surface area contributed by atoms with Crippen LogP contribution in [0.1, 0.15) is 21.6 Å². The third-order valence-electron chi connectivity index (χ3n) is 2.85. The number of aromatic nitrogens is 1. The molecular weight excluding hydrogens is 306 g/mol. The molecule has 0 spiro atoms. The number of nitrogen functional groups attached to an aromatic ring is 1. The van der Waals surface area contributed by atoms with E-state index < -0.39 is 35.0 Å². The minimum Gasteiger partial charge on any atom is -0.367 e. The lowest BCUT2D eigenvalue weighted by molar-refractivity contribution is -0.143. The van der Waals surface area contributed by atoms with Gasteiger partial charge < -0.3 is 15.6 Å². The number of carbonyl (C=O) groups is 1. The molecule has 0 unspecified atom stereocenters. The molecule has 1 amide bonds. The minimum absolute atomic E-state index is 0.0678. The van der Waals surface area contributed by atoms with Crippen molar-refractivity contribution >= 4 is 11.8 Å². The van der Waals surface area contributed by atoms with Gasteiger partial charge in [0.25, 0.3) is 5.91 Å². The Hall–Kier alpha value is -2.58. The molecule has 1 aromatic carbocycles. The summed E-state index contributed by atoms with van der Waals surface area (Å²) in [6.07, 6.45) is -4.75. The van der Waals surface area contributed by atoms with Gasteiger partial charge in [-0.2, -0.15) is 13.2 Å². The van der Waals surface area contributed by atoms with Gasteiger partial charge in [-0.1, -0.05) is 23.4 Å². The Morgan fingerprint density at radius 3 is 2.64 bits per heavy atom. The van der Waals surface area contributed by atoms with Crippen LogP contribution in [0.4, 0.5) is 23.4 Å². The molecule has 0 bridgehead atoms. The summed E-state index contributed by atoms with van der Waals surface area (Å²) in [7, 11) is 0. The molecule has 22 heavy (non-hydrogen) atoms. The molecular formula is C13H11F4N3O2. The minimum atomic E-state index is -4.86. The van der Waals surface area contributed by atoms with Crippen molar-refractivity contribution in [3.05, 3.63) is 46.9 Å². The predicted molar refractivity (Wildman–Crippen MR) is 68.4 cm³/mol. The number of carbonyl (C=O) groups excluding carboxylic acids is 1. The molecule has 1 heterocycles. The Bertz CT molecular complexity index is 682. The maximum absolute atomic E-state index is 13.4. The topological polar surface area (TPSA) is 81.2 Å². The third-order valence-corrected chi connectivity index (χ3v) is 2.85. The molecule has 3 N–H and O–H groups in total. The third kappa shape index (κ3) is 3.35. The number of rotatable bonds is 4. The summed E-state index contributed by atoms with van der Waals surface area (Å²) >= 11 is 0. The summed E-state index contributed by atoms with van der Waals surface area (Å²) in [5.41, 5.74) is 3.16. The predicted octanol–water partition coefficient (Wildman–Crippen LogP) is 2.39. The van der Waals surface area contributed by atoms with Crippen molar-refractivity contribution in [2.75, 3.05) is 12.3 Å². The van der Waals surface area contributed by atoms with Crippen molar-refractivity contribution in [3.8, 4) is 0 Å². The van der Waals surface area contributed by atoms with E-state index in [1.54, 1.807) is 6.07 Å². The fourth-order valence-electron chi connectivity index (χ4n) is 1.82. The van der Waals surface area contributed by atoms with E-state index in [0.717, 1.165) is 0 Å². The Morgan fingerprint density at radius 1 is 1.32 bits per heavy atom. The summed E-state index contributed by atoms with van der Waals surface area (Å²) in [5, 5.41) is 4.97. The number of anilines is 1. The molecule has 1 aromatic heterocycles. The van der Waals surface area contributed by atoms with E-state index in [0.29, 0.717) is 5.56 Å². The van der Waals surface area contributed by atoms with Gasteiger partial charge >= 0.3 is 6.18 Å². The standard InChI is InChI=1S/C13H11F4N3O2/c14-8-4-2-1-3-7(8)5-6-19-12(21)9-10(13(15,16)17)20-22-11(9)18/h1-4H,5-6,18H2,(H,19,21). The molecule has 0 saturated heterocycles. The number of amides is 1. The lowest BCUT2D eigenvalue weighted by atomic mass is 10.1. The molecule has 2 aromatic rings. The van der Waals surface area contributed by atoms with Crippen molar-refractivity contribution < 1.29 is 26.9 Å². The van der Waals surface area contributed by atoms with Crippen LogP contribution in [0.3, 0.4) is 0 Å². The van der Waals surface area contributed by atoms with Gasteiger partial charge in [0.2, 0.25) is 11.6 Å². The van der Waals surface area contributed by atoms with Crippen LogP contribution >= 0.6 is 0 Å². The number of benzene rings is 1. The molecule has 0 aliphatic carbocycles. The Kier molecular flexibility index (Phi) is 4.34. The molecule has 5 nitrogen and oxygen atoms in total. The largest absolute Gasteiger partial charge is 0.437 e. The number of alkyl halides is 3. The zero-order chi connectivity index (χ0) is 16.3. The first-order valence-electron chi connectivity index (χ1n) is 6.14. The fourth-order valence-corrected chi connectivity index (χ4v) is 1.82. The van der Waals surface area contributed by atoms with Gasteiger partial charge in [-0.05, 0) is 18.1 Å². The zero-order valence-corrected chi connectivity index (χ0v) is 11.1. The van der Waals surface area contributed by atoms with Gasteiger partial charge in [-0.25, -0.2) is 4.39 Å². The monoisotopic (exact) mass is 317 g/mol. The Morgan fingerprint density at radius 2 is 2.00 bits per heavy atom. The maximum atomic E-state index is 13.4. The fraction of sp³-hybridized carbons (Fsp3) is 0.231. The van der Waals surface area contributed by atoms with Crippen molar-refractivity contribution in [1.29, 1.82) is 0 Å². The molecule has 0 radical (unpaired) electrons. The number of hydrogen-bond donors (Lipinski definition) is 2. The molecule has 0 aliphatic rings. The number of nitrogens with one attached hydrogen (secondary N) is 1.